The number of rotatable bonds is 3. The summed E-state index contributed by atoms with van der Waals surface area (Å²) in [5.41, 5.74) is 0. The summed E-state index contributed by atoms with van der Waals surface area (Å²) in [5, 5.41) is 3.30. The number of hydrogen-bond donors (Lipinski definition) is 1. The average molecular weight is 275 g/mol. The van der Waals surface area contributed by atoms with Gasteiger partial charge in [-0.15, -0.1) is 12.4 Å². The second kappa shape index (κ2) is 7.34. The van der Waals surface area contributed by atoms with E-state index < -0.39 is 0 Å². The van der Waals surface area contributed by atoms with Gasteiger partial charge in [0.2, 0.25) is 5.91 Å². The minimum atomic E-state index is 0. The first-order chi connectivity index (χ1) is 8.19. The van der Waals surface area contributed by atoms with Gasteiger partial charge in [-0.05, 0) is 44.6 Å². The molecule has 1 amide bonds. The Morgan fingerprint density at radius 1 is 1.22 bits per heavy atom. The number of likely N-dealkylation sites (tertiary alicyclic amines) is 1. The van der Waals surface area contributed by atoms with Gasteiger partial charge < -0.3 is 10.2 Å². The first kappa shape index (κ1) is 15.8. The van der Waals surface area contributed by atoms with Crippen molar-refractivity contribution in [2.45, 2.75) is 51.5 Å². The van der Waals surface area contributed by atoms with Gasteiger partial charge >= 0.3 is 0 Å². The van der Waals surface area contributed by atoms with Gasteiger partial charge in [0.05, 0.1) is 0 Å². The molecule has 0 aromatic rings. The summed E-state index contributed by atoms with van der Waals surface area (Å²) in [5.74, 6) is 1.90. The Bertz CT molecular complexity index is 265. The van der Waals surface area contributed by atoms with E-state index >= 15 is 0 Å². The van der Waals surface area contributed by atoms with Gasteiger partial charge in [0.25, 0.3) is 0 Å². The number of carbonyl (C=O) groups excluding carboxylic acids is 1. The number of nitrogens with zero attached hydrogens (tertiary/aromatic N) is 1. The normalized spacial score (nSPS) is 29.1. The first-order valence-electron chi connectivity index (χ1n) is 7.14. The Balaban J connectivity index is 0.00000162. The predicted molar refractivity (Wildman–Crippen MR) is 77.0 cm³/mol. The first-order valence-corrected chi connectivity index (χ1v) is 7.14. The summed E-state index contributed by atoms with van der Waals surface area (Å²) in [4.78, 5) is 14.2. The van der Waals surface area contributed by atoms with Crippen LogP contribution in [0.15, 0.2) is 0 Å². The van der Waals surface area contributed by atoms with Gasteiger partial charge in [-0.3, -0.25) is 4.79 Å². The molecule has 1 aliphatic carbocycles. The van der Waals surface area contributed by atoms with Crippen LogP contribution in [0.2, 0.25) is 0 Å². The summed E-state index contributed by atoms with van der Waals surface area (Å²) in [7, 11) is 2.02. The quantitative estimate of drug-likeness (QED) is 0.857. The van der Waals surface area contributed by atoms with Crippen molar-refractivity contribution in [2.24, 2.45) is 11.8 Å². The Hall–Kier alpha value is -0.280. The third-order valence-corrected chi connectivity index (χ3v) is 4.52. The highest BCUT2D eigenvalue weighted by Gasteiger charge is 2.27. The maximum absolute atomic E-state index is 12.2. The number of piperidine rings is 1. The van der Waals surface area contributed by atoms with Crippen molar-refractivity contribution in [3.63, 3.8) is 0 Å². The van der Waals surface area contributed by atoms with E-state index in [-0.39, 0.29) is 12.4 Å². The van der Waals surface area contributed by atoms with Crippen molar-refractivity contribution < 1.29 is 4.79 Å². The van der Waals surface area contributed by atoms with E-state index in [4.69, 9.17) is 0 Å². The molecule has 2 aliphatic rings. The Morgan fingerprint density at radius 2 is 1.89 bits per heavy atom. The highest BCUT2D eigenvalue weighted by molar-refractivity contribution is 5.85. The number of nitrogens with one attached hydrogen (secondary N) is 1. The summed E-state index contributed by atoms with van der Waals surface area (Å²) in [6, 6.07) is 0.616. The van der Waals surface area contributed by atoms with E-state index in [1.54, 1.807) is 0 Å². The maximum atomic E-state index is 12.2. The topological polar surface area (TPSA) is 32.3 Å². The van der Waals surface area contributed by atoms with Crippen LogP contribution in [0.3, 0.4) is 0 Å². The molecule has 18 heavy (non-hydrogen) atoms. The molecule has 0 radical (unpaired) electrons. The molecule has 1 saturated carbocycles. The Labute approximate surface area is 117 Å². The van der Waals surface area contributed by atoms with Crippen molar-refractivity contribution in [3.05, 3.63) is 0 Å². The zero-order valence-corrected chi connectivity index (χ0v) is 12.5. The standard InChI is InChI=1S/C14H26N2O.ClH/c1-11-3-4-12(9-11)10-14(17)16-7-5-13(15-2)6-8-16;/h11-13,15H,3-10H2,1-2H3;1H. The largest absolute Gasteiger partial charge is 0.343 e. The molecular weight excluding hydrogens is 248 g/mol. The number of hydrogen-bond acceptors (Lipinski definition) is 2. The van der Waals surface area contributed by atoms with Gasteiger partial charge in [-0.1, -0.05) is 13.3 Å². The lowest BCUT2D eigenvalue weighted by molar-refractivity contribution is -0.133. The van der Waals surface area contributed by atoms with Crippen LogP contribution in [0, 0.1) is 11.8 Å². The van der Waals surface area contributed by atoms with E-state index in [1.165, 1.54) is 19.3 Å². The molecule has 3 nitrogen and oxygen atoms in total. The van der Waals surface area contributed by atoms with Crippen LogP contribution in [-0.4, -0.2) is 37.0 Å². The van der Waals surface area contributed by atoms with E-state index in [2.05, 4.69) is 17.1 Å². The van der Waals surface area contributed by atoms with Crippen LogP contribution >= 0.6 is 12.4 Å². The van der Waals surface area contributed by atoms with E-state index in [1.807, 2.05) is 7.05 Å². The van der Waals surface area contributed by atoms with Crippen LogP contribution in [0.5, 0.6) is 0 Å². The predicted octanol–water partition coefficient (Wildman–Crippen LogP) is 2.44. The molecule has 0 spiro atoms. The number of amides is 1. The van der Waals surface area contributed by atoms with Crippen LogP contribution in [0.1, 0.15) is 45.4 Å². The lowest BCUT2D eigenvalue weighted by atomic mass is 9.99. The molecule has 1 heterocycles. The van der Waals surface area contributed by atoms with Crippen LogP contribution in [-0.2, 0) is 4.79 Å². The molecule has 1 N–H and O–H groups in total. The lowest BCUT2D eigenvalue weighted by Gasteiger charge is -2.32. The fourth-order valence-electron chi connectivity index (χ4n) is 3.30. The summed E-state index contributed by atoms with van der Waals surface area (Å²) in [6.45, 7) is 4.21. The second-order valence-corrected chi connectivity index (χ2v) is 5.93. The van der Waals surface area contributed by atoms with Crippen LogP contribution in [0.25, 0.3) is 0 Å². The molecule has 2 rings (SSSR count). The van der Waals surface area contributed by atoms with Crippen LogP contribution < -0.4 is 5.32 Å². The molecule has 0 aromatic carbocycles. The second-order valence-electron chi connectivity index (χ2n) is 5.93. The molecule has 2 fully saturated rings. The highest BCUT2D eigenvalue weighted by atomic mass is 35.5. The van der Waals surface area contributed by atoms with Crippen molar-refractivity contribution in [3.8, 4) is 0 Å². The highest BCUT2D eigenvalue weighted by Crippen LogP contribution is 2.33. The molecule has 0 bridgehead atoms. The average Bonchev–Trinajstić information content (AvgIpc) is 2.75. The van der Waals surface area contributed by atoms with Crippen molar-refractivity contribution in [1.29, 1.82) is 0 Å². The van der Waals surface area contributed by atoms with Gasteiger partial charge in [-0.2, -0.15) is 0 Å². The zero-order valence-electron chi connectivity index (χ0n) is 11.7. The van der Waals surface area contributed by atoms with Crippen molar-refractivity contribution in [1.82, 2.24) is 10.2 Å². The van der Waals surface area contributed by atoms with Crippen LogP contribution in [0.4, 0.5) is 0 Å². The number of carbonyl (C=O) groups is 1. The molecule has 0 aromatic heterocycles. The minimum absolute atomic E-state index is 0. The van der Waals surface area contributed by atoms with Gasteiger partial charge in [0, 0.05) is 25.6 Å². The lowest BCUT2D eigenvalue weighted by Crippen LogP contribution is -2.44. The van der Waals surface area contributed by atoms with Gasteiger partial charge in [0.15, 0.2) is 0 Å². The molecule has 1 aliphatic heterocycles. The third kappa shape index (κ3) is 4.13. The van der Waals surface area contributed by atoms with Crippen molar-refractivity contribution >= 4 is 18.3 Å². The van der Waals surface area contributed by atoms with Crippen molar-refractivity contribution in [2.75, 3.05) is 20.1 Å². The fourth-order valence-corrected chi connectivity index (χ4v) is 3.30. The minimum Gasteiger partial charge on any atom is -0.343 e. The Morgan fingerprint density at radius 3 is 2.39 bits per heavy atom. The molecule has 2 atom stereocenters. The van der Waals surface area contributed by atoms with Gasteiger partial charge in [-0.25, -0.2) is 0 Å². The van der Waals surface area contributed by atoms with E-state index in [0.29, 0.717) is 17.9 Å². The van der Waals surface area contributed by atoms with E-state index in [9.17, 15) is 4.79 Å². The molecule has 106 valence electrons. The summed E-state index contributed by atoms with van der Waals surface area (Å²) < 4.78 is 0. The fraction of sp³-hybridized carbons (Fsp3) is 0.929. The maximum Gasteiger partial charge on any atom is 0.222 e. The third-order valence-electron chi connectivity index (χ3n) is 4.52. The molecule has 2 unspecified atom stereocenters. The molecule has 4 heteroatoms. The van der Waals surface area contributed by atoms with E-state index in [0.717, 1.165) is 38.3 Å². The number of halogens is 1. The summed E-state index contributed by atoms with van der Waals surface area (Å²) >= 11 is 0. The van der Waals surface area contributed by atoms with Gasteiger partial charge in [0.1, 0.15) is 0 Å². The molecular formula is C14H27ClN2O. The smallest absolute Gasteiger partial charge is 0.222 e. The zero-order chi connectivity index (χ0) is 12.3. The molecule has 1 saturated heterocycles. The monoisotopic (exact) mass is 274 g/mol. The Kier molecular flexibility index (Phi) is 6.44. The summed E-state index contributed by atoms with van der Waals surface area (Å²) in [6.07, 6.45) is 6.87. The SMILES string of the molecule is CNC1CCN(C(=O)CC2CCC(C)C2)CC1.Cl.